The van der Waals surface area contributed by atoms with E-state index in [1.54, 1.807) is 6.07 Å². The molecule has 1 saturated heterocycles. The standard InChI is InChI=1S/C23H25N3O2/c1-23(2)16-26(11-12-28-23)15-17-7-6-10-19(13-17)22-24-20(14-21(27)25-22)18-8-4-3-5-9-18/h3-10,13-14H,11-12,15-16H2,1-2H3,(H,24,25,27). The second-order valence-electron chi connectivity index (χ2n) is 7.86. The van der Waals surface area contributed by atoms with E-state index in [2.05, 4.69) is 35.9 Å². The maximum absolute atomic E-state index is 12.2. The molecule has 1 fully saturated rings. The molecule has 4 rings (SSSR count). The molecule has 0 bridgehead atoms. The van der Waals surface area contributed by atoms with Crippen LogP contribution >= 0.6 is 0 Å². The number of rotatable bonds is 4. The van der Waals surface area contributed by atoms with Gasteiger partial charge in [-0.3, -0.25) is 9.69 Å². The van der Waals surface area contributed by atoms with Crippen LogP contribution in [0.3, 0.4) is 0 Å². The SMILES string of the molecule is CC1(C)CN(Cc2cccc(-c3nc(-c4ccccc4)cc(=O)[nH]3)c2)CCO1. The third kappa shape index (κ3) is 4.38. The molecule has 0 amide bonds. The topological polar surface area (TPSA) is 58.2 Å². The summed E-state index contributed by atoms with van der Waals surface area (Å²) in [7, 11) is 0. The average molecular weight is 375 g/mol. The van der Waals surface area contributed by atoms with Crippen LogP contribution in [-0.4, -0.2) is 40.2 Å². The van der Waals surface area contributed by atoms with Crippen molar-refractivity contribution in [1.29, 1.82) is 0 Å². The second-order valence-corrected chi connectivity index (χ2v) is 7.86. The summed E-state index contributed by atoms with van der Waals surface area (Å²) in [5, 5.41) is 0. The summed E-state index contributed by atoms with van der Waals surface area (Å²) in [6, 6.07) is 19.5. The number of ether oxygens (including phenoxy) is 1. The van der Waals surface area contributed by atoms with E-state index < -0.39 is 0 Å². The number of aromatic amines is 1. The lowest BCUT2D eigenvalue weighted by atomic mass is 10.1. The maximum Gasteiger partial charge on any atom is 0.251 e. The van der Waals surface area contributed by atoms with E-state index in [-0.39, 0.29) is 11.2 Å². The Bertz CT molecular complexity index is 1010. The van der Waals surface area contributed by atoms with Crippen molar-refractivity contribution >= 4 is 0 Å². The van der Waals surface area contributed by atoms with Crippen molar-refractivity contribution in [2.24, 2.45) is 0 Å². The van der Waals surface area contributed by atoms with Gasteiger partial charge in [-0.15, -0.1) is 0 Å². The average Bonchev–Trinajstić information content (AvgIpc) is 2.68. The predicted molar refractivity (Wildman–Crippen MR) is 111 cm³/mol. The predicted octanol–water partition coefficient (Wildman–Crippen LogP) is 3.71. The molecule has 1 aliphatic heterocycles. The highest BCUT2D eigenvalue weighted by Gasteiger charge is 2.27. The van der Waals surface area contributed by atoms with Crippen molar-refractivity contribution in [2.45, 2.75) is 26.0 Å². The zero-order valence-electron chi connectivity index (χ0n) is 16.3. The second kappa shape index (κ2) is 7.70. The van der Waals surface area contributed by atoms with Gasteiger partial charge < -0.3 is 9.72 Å². The van der Waals surface area contributed by atoms with Gasteiger partial charge in [0.2, 0.25) is 0 Å². The zero-order chi connectivity index (χ0) is 19.6. The first kappa shape index (κ1) is 18.6. The molecule has 144 valence electrons. The Morgan fingerprint density at radius 2 is 1.86 bits per heavy atom. The molecular formula is C23H25N3O2. The lowest BCUT2D eigenvalue weighted by Gasteiger charge is -2.38. The van der Waals surface area contributed by atoms with Crippen LogP contribution in [0.5, 0.6) is 0 Å². The van der Waals surface area contributed by atoms with Crippen LogP contribution in [0.1, 0.15) is 19.4 Å². The van der Waals surface area contributed by atoms with Crippen molar-refractivity contribution in [3.63, 3.8) is 0 Å². The third-order valence-corrected chi connectivity index (χ3v) is 4.92. The fourth-order valence-electron chi connectivity index (χ4n) is 3.68. The summed E-state index contributed by atoms with van der Waals surface area (Å²) in [6.07, 6.45) is 0. The Labute approximate surface area is 165 Å². The maximum atomic E-state index is 12.2. The molecule has 5 heteroatoms. The summed E-state index contributed by atoms with van der Waals surface area (Å²) in [5.41, 5.74) is 3.46. The smallest absolute Gasteiger partial charge is 0.251 e. The van der Waals surface area contributed by atoms with Gasteiger partial charge in [-0.25, -0.2) is 4.98 Å². The molecule has 28 heavy (non-hydrogen) atoms. The highest BCUT2D eigenvalue weighted by Crippen LogP contribution is 2.22. The van der Waals surface area contributed by atoms with Gasteiger partial charge in [0, 0.05) is 36.8 Å². The molecule has 2 heterocycles. The van der Waals surface area contributed by atoms with E-state index in [0.29, 0.717) is 11.5 Å². The lowest BCUT2D eigenvalue weighted by molar-refractivity contribution is -0.0882. The molecule has 0 spiro atoms. The molecule has 0 atom stereocenters. The van der Waals surface area contributed by atoms with Gasteiger partial charge >= 0.3 is 0 Å². The highest BCUT2D eigenvalue weighted by atomic mass is 16.5. The zero-order valence-corrected chi connectivity index (χ0v) is 16.3. The quantitative estimate of drug-likeness (QED) is 0.755. The number of hydrogen-bond acceptors (Lipinski definition) is 4. The molecule has 3 aromatic rings. The fraction of sp³-hybridized carbons (Fsp3) is 0.304. The van der Waals surface area contributed by atoms with Crippen molar-refractivity contribution in [1.82, 2.24) is 14.9 Å². The first-order valence-corrected chi connectivity index (χ1v) is 9.61. The van der Waals surface area contributed by atoms with Gasteiger partial charge in [-0.1, -0.05) is 48.5 Å². The van der Waals surface area contributed by atoms with E-state index in [4.69, 9.17) is 9.72 Å². The van der Waals surface area contributed by atoms with Crippen LogP contribution in [0, 0.1) is 0 Å². The van der Waals surface area contributed by atoms with E-state index in [1.807, 2.05) is 42.5 Å². The summed E-state index contributed by atoms with van der Waals surface area (Å²) in [4.78, 5) is 22.2. The normalized spacial score (nSPS) is 16.8. The Kier molecular flexibility index (Phi) is 5.11. The minimum absolute atomic E-state index is 0.118. The molecule has 0 unspecified atom stereocenters. The largest absolute Gasteiger partial charge is 0.373 e. The summed E-state index contributed by atoms with van der Waals surface area (Å²) >= 11 is 0. The molecule has 5 nitrogen and oxygen atoms in total. The van der Waals surface area contributed by atoms with Crippen LogP contribution in [0.4, 0.5) is 0 Å². The molecule has 0 saturated carbocycles. The molecule has 1 N–H and O–H groups in total. The lowest BCUT2D eigenvalue weighted by Crippen LogP contribution is -2.47. The summed E-state index contributed by atoms with van der Waals surface area (Å²) in [6.45, 7) is 7.67. The molecule has 0 aliphatic carbocycles. The number of nitrogens with zero attached hydrogens (tertiary/aromatic N) is 2. The van der Waals surface area contributed by atoms with Crippen LogP contribution in [-0.2, 0) is 11.3 Å². The fourth-order valence-corrected chi connectivity index (χ4v) is 3.68. The minimum atomic E-state index is -0.149. The van der Waals surface area contributed by atoms with Crippen molar-refractivity contribution in [3.8, 4) is 22.6 Å². The molecular weight excluding hydrogens is 350 g/mol. The molecule has 2 aromatic carbocycles. The van der Waals surface area contributed by atoms with Gasteiger partial charge in [0.25, 0.3) is 5.56 Å². The van der Waals surface area contributed by atoms with E-state index in [0.717, 1.165) is 37.4 Å². The van der Waals surface area contributed by atoms with Crippen LogP contribution < -0.4 is 5.56 Å². The number of H-pyrrole nitrogens is 1. The third-order valence-electron chi connectivity index (χ3n) is 4.92. The summed E-state index contributed by atoms with van der Waals surface area (Å²) < 4.78 is 5.80. The Balaban J connectivity index is 1.61. The molecule has 1 aromatic heterocycles. The van der Waals surface area contributed by atoms with Crippen LogP contribution in [0.15, 0.2) is 65.5 Å². The van der Waals surface area contributed by atoms with E-state index in [1.165, 1.54) is 5.56 Å². The number of morpholine rings is 1. The molecule has 0 radical (unpaired) electrons. The number of benzene rings is 2. The Morgan fingerprint density at radius 1 is 1.07 bits per heavy atom. The van der Waals surface area contributed by atoms with Gasteiger partial charge in [0.1, 0.15) is 5.82 Å². The van der Waals surface area contributed by atoms with Crippen molar-refractivity contribution < 1.29 is 4.74 Å². The Morgan fingerprint density at radius 3 is 2.64 bits per heavy atom. The number of aromatic nitrogens is 2. The van der Waals surface area contributed by atoms with Gasteiger partial charge in [-0.05, 0) is 25.5 Å². The van der Waals surface area contributed by atoms with Crippen LogP contribution in [0.2, 0.25) is 0 Å². The van der Waals surface area contributed by atoms with Crippen molar-refractivity contribution in [3.05, 3.63) is 76.6 Å². The van der Waals surface area contributed by atoms with Crippen molar-refractivity contribution in [2.75, 3.05) is 19.7 Å². The van der Waals surface area contributed by atoms with E-state index in [9.17, 15) is 4.79 Å². The number of hydrogen-bond donors (Lipinski definition) is 1. The summed E-state index contributed by atoms with van der Waals surface area (Å²) in [5.74, 6) is 0.593. The van der Waals surface area contributed by atoms with E-state index >= 15 is 0 Å². The number of nitrogens with one attached hydrogen (secondary N) is 1. The van der Waals surface area contributed by atoms with Gasteiger partial charge in [0.15, 0.2) is 0 Å². The molecule has 1 aliphatic rings. The Hall–Kier alpha value is -2.76. The highest BCUT2D eigenvalue weighted by molar-refractivity contribution is 5.63. The van der Waals surface area contributed by atoms with Gasteiger partial charge in [-0.2, -0.15) is 0 Å². The van der Waals surface area contributed by atoms with Crippen LogP contribution in [0.25, 0.3) is 22.6 Å². The first-order valence-electron chi connectivity index (χ1n) is 9.61. The minimum Gasteiger partial charge on any atom is -0.373 e. The first-order chi connectivity index (χ1) is 13.5. The monoisotopic (exact) mass is 375 g/mol. The van der Waals surface area contributed by atoms with Gasteiger partial charge in [0.05, 0.1) is 17.9 Å².